The number of thiazole rings is 1. The van der Waals surface area contributed by atoms with Crippen LogP contribution in [0.4, 0.5) is 0 Å². The van der Waals surface area contributed by atoms with E-state index in [1.54, 1.807) is 13.8 Å². The van der Waals surface area contributed by atoms with Gasteiger partial charge in [-0.05, 0) is 20.8 Å². The third-order valence-electron chi connectivity index (χ3n) is 2.75. The van der Waals surface area contributed by atoms with E-state index >= 15 is 0 Å². The Kier molecular flexibility index (Phi) is 4.28. The Bertz CT molecular complexity index is 703. The van der Waals surface area contributed by atoms with Crippen LogP contribution < -0.4 is 10.5 Å². The maximum Gasteiger partial charge on any atom is 0.244 e. The quantitative estimate of drug-likeness (QED) is 0.877. The highest BCUT2D eigenvalue weighted by Gasteiger charge is 2.24. The first-order chi connectivity index (χ1) is 9.33. The lowest BCUT2D eigenvalue weighted by Gasteiger charge is -2.11. The van der Waals surface area contributed by atoms with Crippen LogP contribution in [0.5, 0.6) is 0 Å². The molecule has 0 aliphatic carbocycles. The minimum atomic E-state index is -3.65. The lowest BCUT2D eigenvalue weighted by Crippen LogP contribution is -2.27. The Hall–Kier alpha value is -1.22. The molecule has 0 aliphatic heterocycles. The molecule has 1 unspecified atom stereocenters. The Labute approximate surface area is 122 Å². The van der Waals surface area contributed by atoms with Crippen LogP contribution >= 0.6 is 11.3 Å². The monoisotopic (exact) mass is 315 g/mol. The third kappa shape index (κ3) is 3.09. The van der Waals surface area contributed by atoms with E-state index in [0.29, 0.717) is 11.5 Å². The fourth-order valence-electron chi connectivity index (χ4n) is 1.81. The maximum absolute atomic E-state index is 12.3. The zero-order chi connectivity index (χ0) is 14.9. The lowest BCUT2D eigenvalue weighted by atomic mass is 10.4. The summed E-state index contributed by atoms with van der Waals surface area (Å²) in [5.41, 5.74) is 6.33. The van der Waals surface area contributed by atoms with Crippen LogP contribution in [-0.2, 0) is 16.6 Å². The average molecular weight is 315 g/mol. The summed E-state index contributed by atoms with van der Waals surface area (Å²) in [6.45, 7) is 5.40. The standard InChI is InChI=1S/C12H17N3O3S2/c1-7-6-19-12(14-7)8(2)15-20(16,17)11-4-10(5-13)18-9(11)3/h4,6,8,15H,5,13H2,1-3H3. The zero-order valence-corrected chi connectivity index (χ0v) is 13.1. The van der Waals surface area contributed by atoms with E-state index in [2.05, 4.69) is 9.71 Å². The number of aromatic nitrogens is 1. The second-order valence-electron chi connectivity index (χ2n) is 4.51. The molecule has 2 aromatic rings. The molecule has 8 heteroatoms. The topological polar surface area (TPSA) is 98.2 Å². The fraction of sp³-hybridized carbons (Fsp3) is 0.417. The van der Waals surface area contributed by atoms with E-state index in [4.69, 9.17) is 10.2 Å². The van der Waals surface area contributed by atoms with Gasteiger partial charge in [0.05, 0.1) is 12.6 Å². The molecule has 3 N–H and O–H groups in total. The third-order valence-corrected chi connectivity index (χ3v) is 5.55. The van der Waals surface area contributed by atoms with Crippen molar-refractivity contribution in [3.63, 3.8) is 0 Å². The molecule has 2 heterocycles. The van der Waals surface area contributed by atoms with E-state index in [0.717, 1.165) is 10.7 Å². The van der Waals surface area contributed by atoms with Crippen molar-refractivity contribution >= 4 is 21.4 Å². The molecule has 0 amide bonds. The molecular weight excluding hydrogens is 298 g/mol. The largest absolute Gasteiger partial charge is 0.464 e. The van der Waals surface area contributed by atoms with Gasteiger partial charge >= 0.3 is 0 Å². The molecule has 0 saturated heterocycles. The van der Waals surface area contributed by atoms with Crippen LogP contribution in [-0.4, -0.2) is 13.4 Å². The summed E-state index contributed by atoms with van der Waals surface area (Å²) >= 11 is 1.43. The van der Waals surface area contributed by atoms with Crippen molar-refractivity contribution < 1.29 is 12.8 Å². The van der Waals surface area contributed by atoms with E-state index in [-0.39, 0.29) is 11.4 Å². The normalized spacial score (nSPS) is 13.6. The van der Waals surface area contributed by atoms with Gasteiger partial charge in [0.1, 0.15) is 21.4 Å². The van der Waals surface area contributed by atoms with E-state index in [1.165, 1.54) is 17.4 Å². The molecule has 6 nitrogen and oxygen atoms in total. The van der Waals surface area contributed by atoms with Gasteiger partial charge in [-0.3, -0.25) is 0 Å². The van der Waals surface area contributed by atoms with Gasteiger partial charge in [-0.1, -0.05) is 0 Å². The van der Waals surface area contributed by atoms with Crippen molar-refractivity contribution in [2.75, 3.05) is 0 Å². The summed E-state index contributed by atoms with van der Waals surface area (Å²) in [4.78, 5) is 4.40. The highest BCUT2D eigenvalue weighted by molar-refractivity contribution is 7.89. The Morgan fingerprint density at radius 2 is 2.20 bits per heavy atom. The van der Waals surface area contributed by atoms with Gasteiger partial charge in [0.15, 0.2) is 0 Å². The van der Waals surface area contributed by atoms with Crippen molar-refractivity contribution in [3.05, 3.63) is 33.7 Å². The zero-order valence-electron chi connectivity index (χ0n) is 11.5. The molecule has 110 valence electrons. The number of hydrogen-bond donors (Lipinski definition) is 2. The summed E-state index contributed by atoms with van der Waals surface area (Å²) in [5, 5.41) is 2.61. The molecule has 2 aromatic heterocycles. The molecule has 0 fully saturated rings. The summed E-state index contributed by atoms with van der Waals surface area (Å²) in [6, 6.07) is 1.06. The molecular formula is C12H17N3O3S2. The number of nitrogens with two attached hydrogens (primary N) is 1. The second-order valence-corrected chi connectivity index (χ2v) is 7.08. The maximum atomic E-state index is 12.3. The Morgan fingerprint density at radius 1 is 1.50 bits per heavy atom. The van der Waals surface area contributed by atoms with Crippen LogP contribution in [0, 0.1) is 13.8 Å². The summed E-state index contributed by atoms with van der Waals surface area (Å²) in [7, 11) is -3.65. The van der Waals surface area contributed by atoms with Crippen LogP contribution in [0.2, 0.25) is 0 Å². The van der Waals surface area contributed by atoms with Crippen LogP contribution in [0.3, 0.4) is 0 Å². The minimum absolute atomic E-state index is 0.123. The van der Waals surface area contributed by atoms with Gasteiger partial charge in [0.25, 0.3) is 0 Å². The van der Waals surface area contributed by atoms with Gasteiger partial charge < -0.3 is 10.2 Å². The van der Waals surface area contributed by atoms with Crippen molar-refractivity contribution in [1.82, 2.24) is 9.71 Å². The van der Waals surface area contributed by atoms with E-state index in [9.17, 15) is 8.42 Å². The number of furan rings is 1. The number of rotatable bonds is 5. The van der Waals surface area contributed by atoms with Crippen LogP contribution in [0.15, 0.2) is 20.8 Å². The fourth-order valence-corrected chi connectivity index (χ4v) is 4.10. The summed E-state index contributed by atoms with van der Waals surface area (Å²) < 4.78 is 32.6. The average Bonchev–Trinajstić information content (AvgIpc) is 2.95. The van der Waals surface area contributed by atoms with Gasteiger partial charge in [0.2, 0.25) is 10.0 Å². The molecule has 0 radical (unpaired) electrons. The molecule has 0 saturated carbocycles. The summed E-state index contributed by atoms with van der Waals surface area (Å²) in [6.07, 6.45) is 0. The van der Waals surface area contributed by atoms with Crippen molar-refractivity contribution in [2.45, 2.75) is 38.3 Å². The van der Waals surface area contributed by atoms with Crippen molar-refractivity contribution in [3.8, 4) is 0 Å². The molecule has 20 heavy (non-hydrogen) atoms. The highest BCUT2D eigenvalue weighted by Crippen LogP contribution is 2.23. The minimum Gasteiger partial charge on any atom is -0.464 e. The smallest absolute Gasteiger partial charge is 0.244 e. The number of nitrogens with zero attached hydrogens (tertiary/aromatic N) is 1. The molecule has 2 rings (SSSR count). The second kappa shape index (κ2) is 5.65. The van der Waals surface area contributed by atoms with Crippen LogP contribution in [0.25, 0.3) is 0 Å². The molecule has 1 atom stereocenters. The Balaban J connectivity index is 2.24. The SMILES string of the molecule is Cc1csc(C(C)NS(=O)(=O)c2cc(CN)oc2C)n1. The molecule has 0 spiro atoms. The van der Waals surface area contributed by atoms with Crippen molar-refractivity contribution in [2.24, 2.45) is 5.73 Å². The predicted octanol–water partition coefficient (Wildman–Crippen LogP) is 1.85. The molecule has 0 aromatic carbocycles. The van der Waals surface area contributed by atoms with Gasteiger partial charge in [-0.15, -0.1) is 11.3 Å². The number of hydrogen-bond acceptors (Lipinski definition) is 6. The molecule has 0 aliphatic rings. The number of aryl methyl sites for hydroxylation is 2. The molecule has 0 bridgehead atoms. The first-order valence-corrected chi connectivity index (χ1v) is 8.43. The van der Waals surface area contributed by atoms with E-state index < -0.39 is 16.1 Å². The number of nitrogens with one attached hydrogen (secondary N) is 1. The van der Waals surface area contributed by atoms with Gasteiger partial charge in [0, 0.05) is 17.1 Å². The number of sulfonamides is 1. The summed E-state index contributed by atoms with van der Waals surface area (Å²) in [5.74, 6) is 0.779. The predicted molar refractivity (Wildman–Crippen MR) is 76.9 cm³/mol. The van der Waals surface area contributed by atoms with Gasteiger partial charge in [-0.25, -0.2) is 18.1 Å². The van der Waals surface area contributed by atoms with Crippen LogP contribution in [0.1, 0.15) is 35.2 Å². The lowest BCUT2D eigenvalue weighted by molar-refractivity contribution is 0.478. The van der Waals surface area contributed by atoms with E-state index in [1.807, 2.05) is 12.3 Å². The first-order valence-electron chi connectivity index (χ1n) is 6.07. The highest BCUT2D eigenvalue weighted by atomic mass is 32.2. The van der Waals surface area contributed by atoms with Crippen molar-refractivity contribution in [1.29, 1.82) is 0 Å². The Morgan fingerprint density at radius 3 is 2.70 bits per heavy atom. The first kappa shape index (κ1) is 15.2. The van der Waals surface area contributed by atoms with Gasteiger partial charge in [-0.2, -0.15) is 0 Å².